The van der Waals surface area contributed by atoms with E-state index in [1.807, 2.05) is 0 Å². The van der Waals surface area contributed by atoms with Crippen LogP contribution in [0, 0.1) is 0 Å². The van der Waals surface area contributed by atoms with Crippen LogP contribution >= 0.6 is 0 Å². The van der Waals surface area contributed by atoms with E-state index in [1.165, 1.54) is 18.4 Å². The van der Waals surface area contributed by atoms with Gasteiger partial charge in [-0.2, -0.15) is 0 Å². The van der Waals surface area contributed by atoms with E-state index < -0.39 is 0 Å². The monoisotopic (exact) mass is 264 g/mol. The normalized spacial score (nSPS) is 23.7. The van der Waals surface area contributed by atoms with Crippen LogP contribution in [0.15, 0.2) is 18.5 Å². The number of rotatable bonds is 6. The van der Waals surface area contributed by atoms with E-state index in [0.29, 0.717) is 12.1 Å². The quantitative estimate of drug-likeness (QED) is 0.851. The molecule has 3 heteroatoms. The first kappa shape index (κ1) is 14.6. The maximum absolute atomic E-state index is 6.06. The maximum Gasteiger partial charge on any atom is 0.0762 e. The fourth-order valence-electron chi connectivity index (χ4n) is 2.96. The van der Waals surface area contributed by atoms with Crippen molar-refractivity contribution in [3.63, 3.8) is 0 Å². The van der Waals surface area contributed by atoms with Crippen molar-refractivity contribution in [2.45, 2.75) is 71.2 Å². The van der Waals surface area contributed by atoms with Crippen LogP contribution in [0.2, 0.25) is 0 Å². The molecule has 0 spiro atoms. The van der Waals surface area contributed by atoms with E-state index in [2.05, 4.69) is 56.0 Å². The summed E-state index contributed by atoms with van der Waals surface area (Å²) < 4.78 is 8.34. The summed E-state index contributed by atoms with van der Waals surface area (Å²) in [4.78, 5) is 0. The highest BCUT2D eigenvalue weighted by molar-refractivity contribution is 5.15. The Labute approximate surface area is 117 Å². The maximum atomic E-state index is 6.06. The van der Waals surface area contributed by atoms with Gasteiger partial charge in [0.1, 0.15) is 0 Å². The van der Waals surface area contributed by atoms with Gasteiger partial charge >= 0.3 is 0 Å². The summed E-state index contributed by atoms with van der Waals surface area (Å²) in [5.41, 5.74) is 1.46. The second-order valence-corrected chi connectivity index (χ2v) is 6.20. The van der Waals surface area contributed by atoms with Gasteiger partial charge in [-0.05, 0) is 51.3 Å². The van der Waals surface area contributed by atoms with Crippen molar-refractivity contribution in [2.24, 2.45) is 0 Å². The molecule has 2 rings (SSSR count). The van der Waals surface area contributed by atoms with Crippen molar-refractivity contribution in [3.8, 4) is 0 Å². The molecule has 108 valence electrons. The summed E-state index contributed by atoms with van der Waals surface area (Å²) in [5, 5.41) is 3.52. The Morgan fingerprint density at radius 3 is 2.84 bits per heavy atom. The van der Waals surface area contributed by atoms with Crippen LogP contribution in [0.3, 0.4) is 0 Å². The predicted molar refractivity (Wildman–Crippen MR) is 79.3 cm³/mol. The molecule has 1 aromatic heterocycles. The van der Waals surface area contributed by atoms with E-state index in [1.54, 1.807) is 0 Å². The van der Waals surface area contributed by atoms with E-state index in [4.69, 9.17) is 4.74 Å². The van der Waals surface area contributed by atoms with Crippen LogP contribution in [0.4, 0.5) is 0 Å². The third-order valence-corrected chi connectivity index (χ3v) is 4.00. The van der Waals surface area contributed by atoms with Crippen molar-refractivity contribution in [2.75, 3.05) is 6.54 Å². The number of nitrogens with zero attached hydrogens (tertiary/aromatic N) is 1. The molecule has 0 bridgehead atoms. The van der Waals surface area contributed by atoms with Crippen molar-refractivity contribution >= 4 is 0 Å². The molecule has 1 saturated heterocycles. The molecule has 3 nitrogen and oxygen atoms in total. The minimum absolute atomic E-state index is 0.0658. The molecule has 0 aliphatic carbocycles. The van der Waals surface area contributed by atoms with Gasteiger partial charge in [0.05, 0.1) is 11.7 Å². The van der Waals surface area contributed by atoms with Crippen LogP contribution in [-0.2, 0) is 11.3 Å². The van der Waals surface area contributed by atoms with Crippen LogP contribution in [-0.4, -0.2) is 22.8 Å². The Balaban J connectivity index is 1.94. The highest BCUT2D eigenvalue weighted by atomic mass is 16.5. The summed E-state index contributed by atoms with van der Waals surface area (Å²) in [6.07, 6.45) is 8.29. The van der Waals surface area contributed by atoms with Crippen molar-refractivity contribution in [3.05, 3.63) is 24.0 Å². The van der Waals surface area contributed by atoms with E-state index >= 15 is 0 Å². The third kappa shape index (κ3) is 3.83. The predicted octanol–water partition coefficient (Wildman–Crippen LogP) is 3.51. The summed E-state index contributed by atoms with van der Waals surface area (Å²) >= 11 is 0. The topological polar surface area (TPSA) is 26.2 Å². The van der Waals surface area contributed by atoms with Crippen molar-refractivity contribution in [1.82, 2.24) is 9.88 Å². The molecule has 2 atom stereocenters. The van der Waals surface area contributed by atoms with Crippen molar-refractivity contribution in [1.29, 1.82) is 0 Å². The highest BCUT2D eigenvalue weighted by Gasteiger charge is 2.31. The summed E-state index contributed by atoms with van der Waals surface area (Å²) in [5.74, 6) is 0. The fourth-order valence-corrected chi connectivity index (χ4v) is 2.96. The van der Waals surface area contributed by atoms with Gasteiger partial charge < -0.3 is 14.6 Å². The molecule has 0 radical (unpaired) electrons. The van der Waals surface area contributed by atoms with Crippen LogP contribution in [0.1, 0.15) is 58.6 Å². The zero-order chi connectivity index (χ0) is 13.9. The van der Waals surface area contributed by atoms with Gasteiger partial charge in [0.25, 0.3) is 0 Å². The number of hydrogen-bond acceptors (Lipinski definition) is 2. The standard InChI is InChI=1S/C16H28N2O/c1-5-15(17-6-2)13-8-10-18(11-13)12-14-7-9-16(3,4)19-14/h8,10-11,14-15,17H,5-7,9,12H2,1-4H3. The summed E-state index contributed by atoms with van der Waals surface area (Å²) in [6, 6.07) is 2.71. The molecule has 19 heavy (non-hydrogen) atoms. The zero-order valence-electron chi connectivity index (χ0n) is 12.8. The van der Waals surface area contributed by atoms with E-state index in [9.17, 15) is 0 Å². The SMILES string of the molecule is CCNC(CC)c1ccn(CC2CCC(C)(C)O2)c1. The van der Waals surface area contributed by atoms with Gasteiger partial charge in [0.15, 0.2) is 0 Å². The molecule has 1 aliphatic heterocycles. The first-order valence-electron chi connectivity index (χ1n) is 7.61. The van der Waals surface area contributed by atoms with Gasteiger partial charge in [0.2, 0.25) is 0 Å². The minimum atomic E-state index is 0.0658. The lowest BCUT2D eigenvalue weighted by atomic mass is 10.1. The summed E-state index contributed by atoms with van der Waals surface area (Å²) in [6.45, 7) is 10.8. The molecule has 2 unspecified atom stereocenters. The Kier molecular flexibility index (Phi) is 4.69. The Hall–Kier alpha value is -0.800. The average molecular weight is 264 g/mol. The smallest absolute Gasteiger partial charge is 0.0762 e. The van der Waals surface area contributed by atoms with Crippen LogP contribution < -0.4 is 5.32 Å². The lowest BCUT2D eigenvalue weighted by Crippen LogP contribution is -2.22. The van der Waals surface area contributed by atoms with E-state index in [-0.39, 0.29) is 5.60 Å². The number of hydrogen-bond donors (Lipinski definition) is 1. The highest BCUT2D eigenvalue weighted by Crippen LogP contribution is 2.30. The van der Waals surface area contributed by atoms with Gasteiger partial charge in [0, 0.05) is 25.0 Å². The molecular weight excluding hydrogens is 236 g/mol. The van der Waals surface area contributed by atoms with Crippen LogP contribution in [0.5, 0.6) is 0 Å². The Morgan fingerprint density at radius 2 is 2.26 bits per heavy atom. The zero-order valence-corrected chi connectivity index (χ0v) is 12.8. The summed E-state index contributed by atoms with van der Waals surface area (Å²) in [7, 11) is 0. The first-order valence-corrected chi connectivity index (χ1v) is 7.61. The lowest BCUT2D eigenvalue weighted by Gasteiger charge is -2.19. The van der Waals surface area contributed by atoms with Gasteiger partial charge in [-0.1, -0.05) is 13.8 Å². The van der Waals surface area contributed by atoms with Gasteiger partial charge in [-0.3, -0.25) is 0 Å². The van der Waals surface area contributed by atoms with E-state index in [0.717, 1.165) is 19.5 Å². The molecule has 1 aliphatic rings. The van der Waals surface area contributed by atoms with Crippen LogP contribution in [0.25, 0.3) is 0 Å². The number of ether oxygens (including phenoxy) is 1. The molecule has 1 N–H and O–H groups in total. The second kappa shape index (κ2) is 6.10. The van der Waals surface area contributed by atoms with Gasteiger partial charge in [-0.25, -0.2) is 0 Å². The molecule has 2 heterocycles. The first-order chi connectivity index (χ1) is 9.04. The lowest BCUT2D eigenvalue weighted by molar-refractivity contribution is -0.0216. The van der Waals surface area contributed by atoms with Gasteiger partial charge in [-0.15, -0.1) is 0 Å². The Morgan fingerprint density at radius 1 is 1.47 bits per heavy atom. The average Bonchev–Trinajstić information content (AvgIpc) is 2.93. The minimum Gasteiger partial charge on any atom is -0.370 e. The third-order valence-electron chi connectivity index (χ3n) is 4.00. The molecule has 0 amide bonds. The largest absolute Gasteiger partial charge is 0.370 e. The fraction of sp³-hybridized carbons (Fsp3) is 0.750. The molecule has 1 fully saturated rings. The molecule has 0 aromatic carbocycles. The molecule has 1 aromatic rings. The number of nitrogens with one attached hydrogen (secondary N) is 1. The molecule has 0 saturated carbocycles. The van der Waals surface area contributed by atoms with Crippen molar-refractivity contribution < 1.29 is 4.74 Å². The molecular formula is C16H28N2O. The Bertz CT molecular complexity index is 397. The second-order valence-electron chi connectivity index (χ2n) is 6.20. The number of aromatic nitrogens is 1.